The van der Waals surface area contributed by atoms with E-state index < -0.39 is 0 Å². The highest BCUT2D eigenvalue weighted by Gasteiger charge is 2.14. The summed E-state index contributed by atoms with van der Waals surface area (Å²) in [6.07, 6.45) is 38.2. The molecule has 0 amide bonds. The van der Waals surface area contributed by atoms with Gasteiger partial charge in [0.15, 0.2) is 0 Å². The molecule has 0 aliphatic carbocycles. The third-order valence-electron chi connectivity index (χ3n) is 9.95. The Morgan fingerprint density at radius 1 is 0.462 bits per heavy atom. The van der Waals surface area contributed by atoms with Gasteiger partial charge in [-0.25, -0.2) is 0 Å². The van der Waals surface area contributed by atoms with E-state index in [1.165, 1.54) is 122 Å². The largest absolute Gasteiger partial charge is 0.466 e. The van der Waals surface area contributed by atoms with Crippen LogP contribution in [-0.2, 0) is 19.1 Å². The van der Waals surface area contributed by atoms with E-state index in [9.17, 15) is 14.7 Å². The number of aliphatic hydroxyl groups is 1. The van der Waals surface area contributed by atoms with Gasteiger partial charge in [0.2, 0.25) is 0 Å². The smallest absolute Gasteiger partial charge is 0.306 e. The number of esters is 2. The lowest BCUT2D eigenvalue weighted by atomic mass is 10.0. The minimum absolute atomic E-state index is 0.00878. The van der Waals surface area contributed by atoms with E-state index in [1.807, 2.05) is 0 Å². The molecule has 6 nitrogen and oxygen atoms in total. The molecule has 1 N–H and O–H groups in total. The number of ether oxygens (including phenoxy) is 2. The molecule has 52 heavy (non-hydrogen) atoms. The molecule has 0 aliphatic rings. The fraction of sp³-hybridized carbons (Fsp3) is 0.957. The summed E-state index contributed by atoms with van der Waals surface area (Å²) in [6, 6.07) is 0. The molecular formula is C46H93NO5. The van der Waals surface area contributed by atoms with E-state index in [0.717, 1.165) is 90.1 Å². The summed E-state index contributed by atoms with van der Waals surface area (Å²) in [5, 5.41) is 9.52. The third-order valence-corrected chi connectivity index (χ3v) is 9.95. The van der Waals surface area contributed by atoms with Crippen LogP contribution in [0.5, 0.6) is 0 Å². The quantitative estimate of drug-likeness (QED) is 0.0498. The van der Waals surface area contributed by atoms with Gasteiger partial charge in [0.25, 0.3) is 0 Å². The van der Waals surface area contributed by atoms with E-state index in [2.05, 4.69) is 39.5 Å². The molecule has 0 aromatic rings. The van der Waals surface area contributed by atoms with Crippen LogP contribution < -0.4 is 0 Å². The standard InChI is InChI=1S/C43H85NO5.C3H8/c1-4-7-10-13-16-20-26-33-41(32-25-19-15-12-9-6-3)49-43(47)35-27-21-18-22-29-36-44(38-39-45)37-30-24-28-34-42(46)48-40-31-23-17-14-11-8-5-2;1-3-2/h41,45H,4-40H2,1-3H3;3H2,1-2H3. The van der Waals surface area contributed by atoms with Crippen molar-refractivity contribution < 1.29 is 24.2 Å². The summed E-state index contributed by atoms with van der Waals surface area (Å²) in [6.45, 7) is 14.5. The lowest BCUT2D eigenvalue weighted by Crippen LogP contribution is -2.29. The maximum atomic E-state index is 12.7. The average Bonchev–Trinajstić information content (AvgIpc) is 3.13. The summed E-state index contributed by atoms with van der Waals surface area (Å²) in [7, 11) is 0. The van der Waals surface area contributed by atoms with Crippen LogP contribution in [0.15, 0.2) is 0 Å². The van der Waals surface area contributed by atoms with Gasteiger partial charge >= 0.3 is 11.9 Å². The van der Waals surface area contributed by atoms with E-state index in [4.69, 9.17) is 9.47 Å². The van der Waals surface area contributed by atoms with Crippen molar-refractivity contribution in [2.75, 3.05) is 32.8 Å². The molecule has 0 rings (SSSR count). The zero-order valence-electron chi connectivity index (χ0n) is 36.0. The first-order valence-electron chi connectivity index (χ1n) is 23.2. The number of carbonyl (C=O) groups excluding carboxylic acids is 2. The predicted molar refractivity (Wildman–Crippen MR) is 225 cm³/mol. The number of hydrogen-bond acceptors (Lipinski definition) is 6. The Morgan fingerprint density at radius 2 is 0.827 bits per heavy atom. The molecule has 0 bridgehead atoms. The van der Waals surface area contributed by atoms with Crippen molar-refractivity contribution in [2.45, 2.75) is 253 Å². The fourth-order valence-corrected chi connectivity index (χ4v) is 6.70. The zero-order valence-corrected chi connectivity index (χ0v) is 36.0. The highest BCUT2D eigenvalue weighted by Crippen LogP contribution is 2.18. The molecule has 0 spiro atoms. The second-order valence-corrected chi connectivity index (χ2v) is 15.5. The minimum atomic E-state index is -0.0528. The van der Waals surface area contributed by atoms with Gasteiger partial charge < -0.3 is 19.5 Å². The Kier molecular flexibility index (Phi) is 46.9. The Hall–Kier alpha value is -1.14. The van der Waals surface area contributed by atoms with Crippen molar-refractivity contribution in [3.8, 4) is 0 Å². The minimum Gasteiger partial charge on any atom is -0.466 e. The van der Waals surface area contributed by atoms with Crippen LogP contribution in [0.25, 0.3) is 0 Å². The van der Waals surface area contributed by atoms with Crippen molar-refractivity contribution in [1.29, 1.82) is 0 Å². The van der Waals surface area contributed by atoms with Crippen LogP contribution in [-0.4, -0.2) is 60.9 Å². The van der Waals surface area contributed by atoms with Gasteiger partial charge in [-0.05, 0) is 70.9 Å². The predicted octanol–water partition coefficient (Wildman–Crippen LogP) is 13.7. The van der Waals surface area contributed by atoms with Crippen molar-refractivity contribution >= 4 is 11.9 Å². The molecule has 0 saturated carbocycles. The molecule has 0 aliphatic heterocycles. The molecule has 6 heteroatoms. The Morgan fingerprint density at radius 3 is 1.29 bits per heavy atom. The van der Waals surface area contributed by atoms with Crippen LogP contribution in [0.4, 0.5) is 0 Å². The van der Waals surface area contributed by atoms with Crippen LogP contribution in [0.1, 0.15) is 247 Å². The van der Waals surface area contributed by atoms with Gasteiger partial charge in [-0.15, -0.1) is 0 Å². The second kappa shape index (κ2) is 46.0. The topological polar surface area (TPSA) is 76.1 Å². The SMILES string of the molecule is CCC.CCCCCCCCCOC(=O)CCCCCN(CCO)CCCCCCCC(=O)OC(CCCCCCCC)CCCCCCCCC. The number of hydrogen-bond donors (Lipinski definition) is 1. The van der Waals surface area contributed by atoms with E-state index in [0.29, 0.717) is 26.0 Å². The van der Waals surface area contributed by atoms with Crippen LogP contribution in [0.2, 0.25) is 0 Å². The number of rotatable bonds is 40. The molecule has 0 aromatic carbocycles. The first kappa shape index (κ1) is 53.0. The van der Waals surface area contributed by atoms with Crippen molar-refractivity contribution in [3.63, 3.8) is 0 Å². The van der Waals surface area contributed by atoms with Gasteiger partial charge in [-0.3, -0.25) is 9.59 Å². The molecule has 0 aromatic heterocycles. The lowest BCUT2D eigenvalue weighted by molar-refractivity contribution is -0.150. The van der Waals surface area contributed by atoms with Gasteiger partial charge in [0, 0.05) is 19.4 Å². The maximum absolute atomic E-state index is 12.7. The van der Waals surface area contributed by atoms with E-state index in [1.54, 1.807) is 0 Å². The van der Waals surface area contributed by atoms with Gasteiger partial charge in [0.1, 0.15) is 6.10 Å². The summed E-state index contributed by atoms with van der Waals surface area (Å²) in [4.78, 5) is 27.1. The van der Waals surface area contributed by atoms with Gasteiger partial charge in [0.05, 0.1) is 13.2 Å². The molecule has 312 valence electrons. The van der Waals surface area contributed by atoms with Crippen LogP contribution in [0.3, 0.4) is 0 Å². The molecule has 0 fully saturated rings. The molecule has 0 radical (unpaired) electrons. The first-order chi connectivity index (χ1) is 25.5. The number of aliphatic hydroxyl groups excluding tert-OH is 1. The van der Waals surface area contributed by atoms with Crippen LogP contribution >= 0.6 is 0 Å². The van der Waals surface area contributed by atoms with Crippen molar-refractivity contribution in [1.82, 2.24) is 4.90 Å². The highest BCUT2D eigenvalue weighted by molar-refractivity contribution is 5.69. The van der Waals surface area contributed by atoms with Crippen molar-refractivity contribution in [3.05, 3.63) is 0 Å². The first-order valence-corrected chi connectivity index (χ1v) is 23.2. The number of unbranched alkanes of at least 4 members (excludes halogenated alkanes) is 23. The Bertz CT molecular complexity index is 702. The normalized spacial score (nSPS) is 11.8. The summed E-state index contributed by atoms with van der Waals surface area (Å²) < 4.78 is 11.4. The van der Waals surface area contributed by atoms with Gasteiger partial charge in [-0.2, -0.15) is 0 Å². The summed E-state index contributed by atoms with van der Waals surface area (Å²) in [5.41, 5.74) is 0. The monoisotopic (exact) mass is 740 g/mol. The summed E-state index contributed by atoms with van der Waals surface area (Å²) in [5.74, 6) is -0.0441. The highest BCUT2D eigenvalue weighted by atomic mass is 16.5. The molecule has 0 saturated heterocycles. The Balaban J connectivity index is 0. The van der Waals surface area contributed by atoms with Crippen LogP contribution in [0, 0.1) is 0 Å². The lowest BCUT2D eigenvalue weighted by Gasteiger charge is -2.21. The van der Waals surface area contributed by atoms with E-state index in [-0.39, 0.29) is 24.6 Å². The second-order valence-electron chi connectivity index (χ2n) is 15.5. The molecule has 1 atom stereocenters. The number of carbonyl (C=O) groups is 2. The fourth-order valence-electron chi connectivity index (χ4n) is 6.70. The molecular weight excluding hydrogens is 647 g/mol. The van der Waals surface area contributed by atoms with Gasteiger partial charge in [-0.1, -0.05) is 176 Å². The number of nitrogens with zero attached hydrogens (tertiary/aromatic N) is 1. The Labute approximate surface area is 325 Å². The zero-order chi connectivity index (χ0) is 38.6. The molecule has 1 unspecified atom stereocenters. The molecule has 0 heterocycles. The average molecular weight is 740 g/mol. The summed E-state index contributed by atoms with van der Waals surface area (Å²) >= 11 is 0. The van der Waals surface area contributed by atoms with E-state index >= 15 is 0 Å². The third kappa shape index (κ3) is 43.3. The maximum Gasteiger partial charge on any atom is 0.306 e. The van der Waals surface area contributed by atoms with Crippen molar-refractivity contribution in [2.24, 2.45) is 0 Å².